The van der Waals surface area contributed by atoms with Crippen LogP contribution in [0.5, 0.6) is 0 Å². The van der Waals surface area contributed by atoms with Gasteiger partial charge in [-0.25, -0.2) is 0 Å². The van der Waals surface area contributed by atoms with Crippen LogP contribution in [-0.4, -0.2) is 46.5 Å². The molecule has 0 aromatic carbocycles. The topological polar surface area (TPSA) is 43.7 Å². The van der Waals surface area contributed by atoms with Gasteiger partial charge in [0.2, 0.25) is 0 Å². The molecule has 2 heterocycles. The Bertz CT molecular complexity index is 171. The van der Waals surface area contributed by atoms with Crippen LogP contribution < -0.4 is 0 Å². The van der Waals surface area contributed by atoms with Gasteiger partial charge in [-0.1, -0.05) is 6.92 Å². The first-order valence-electron chi connectivity index (χ1n) is 4.62. The molecule has 2 bridgehead atoms. The van der Waals surface area contributed by atoms with E-state index in [9.17, 15) is 5.11 Å². The first-order chi connectivity index (χ1) is 5.57. The summed E-state index contributed by atoms with van der Waals surface area (Å²) >= 11 is 0. The highest BCUT2D eigenvalue weighted by atomic mass is 16.3. The Morgan fingerprint density at radius 1 is 1.42 bits per heavy atom. The Kier molecular flexibility index (Phi) is 1.72. The van der Waals surface area contributed by atoms with Crippen molar-refractivity contribution in [1.29, 1.82) is 0 Å². The molecule has 0 aromatic heterocycles. The largest absolute Gasteiger partial charge is 0.393 e. The number of hydrogen-bond acceptors (Lipinski definition) is 3. The lowest BCUT2D eigenvalue weighted by Crippen LogP contribution is -2.70. The summed E-state index contributed by atoms with van der Waals surface area (Å²) in [6.45, 7) is 2.15. The lowest BCUT2D eigenvalue weighted by atomic mass is 9.65. The summed E-state index contributed by atoms with van der Waals surface area (Å²) in [7, 11) is 2.10. The van der Waals surface area contributed by atoms with E-state index in [1.54, 1.807) is 0 Å². The normalized spacial score (nSPS) is 53.5. The maximum absolute atomic E-state index is 9.84. The van der Waals surface area contributed by atoms with E-state index in [1.807, 2.05) is 0 Å². The zero-order chi connectivity index (χ0) is 8.93. The van der Waals surface area contributed by atoms with Gasteiger partial charge >= 0.3 is 0 Å². The van der Waals surface area contributed by atoms with Crippen molar-refractivity contribution in [2.45, 2.75) is 37.5 Å². The molecule has 2 unspecified atom stereocenters. The van der Waals surface area contributed by atoms with Crippen molar-refractivity contribution in [3.8, 4) is 0 Å². The van der Waals surface area contributed by atoms with Crippen molar-refractivity contribution >= 4 is 0 Å². The molecule has 0 spiro atoms. The van der Waals surface area contributed by atoms with E-state index in [0.29, 0.717) is 18.0 Å². The summed E-state index contributed by atoms with van der Waals surface area (Å²) in [5.74, 6) is 0.696. The molecule has 1 saturated carbocycles. The number of aliphatic hydroxyl groups is 2. The fraction of sp³-hybridized carbons (Fsp3) is 1.00. The van der Waals surface area contributed by atoms with E-state index >= 15 is 0 Å². The Balaban J connectivity index is 2.08. The van der Waals surface area contributed by atoms with Crippen molar-refractivity contribution in [2.75, 3.05) is 13.7 Å². The highest BCUT2D eigenvalue weighted by Crippen LogP contribution is 2.45. The molecule has 3 rings (SSSR count). The third-order valence-corrected chi connectivity index (χ3v) is 3.73. The molecule has 2 saturated heterocycles. The van der Waals surface area contributed by atoms with Gasteiger partial charge in [-0.2, -0.15) is 0 Å². The lowest BCUT2D eigenvalue weighted by Gasteiger charge is -2.60. The van der Waals surface area contributed by atoms with E-state index in [4.69, 9.17) is 5.11 Å². The average molecular weight is 171 g/mol. The van der Waals surface area contributed by atoms with Gasteiger partial charge in [0.15, 0.2) is 0 Å². The van der Waals surface area contributed by atoms with E-state index in [1.165, 1.54) is 0 Å². The van der Waals surface area contributed by atoms with Crippen molar-refractivity contribution in [1.82, 2.24) is 4.90 Å². The van der Waals surface area contributed by atoms with E-state index in [2.05, 4.69) is 18.9 Å². The molecule has 70 valence electrons. The van der Waals surface area contributed by atoms with Crippen LogP contribution in [0.4, 0.5) is 0 Å². The van der Waals surface area contributed by atoms with Crippen LogP contribution in [0.1, 0.15) is 19.8 Å². The number of rotatable bonds is 1. The zero-order valence-corrected chi connectivity index (χ0v) is 7.70. The number of fused-ring (bicyclic) bond motifs is 2. The van der Waals surface area contributed by atoms with Gasteiger partial charge in [-0.15, -0.1) is 0 Å². The second-order valence-electron chi connectivity index (χ2n) is 4.45. The van der Waals surface area contributed by atoms with Crippen LogP contribution in [0.2, 0.25) is 0 Å². The fourth-order valence-electron chi connectivity index (χ4n) is 2.79. The molecule has 2 N–H and O–H groups in total. The fourth-order valence-corrected chi connectivity index (χ4v) is 2.79. The molecule has 2 atom stereocenters. The smallest absolute Gasteiger partial charge is 0.0907 e. The molecular formula is C9H17NO2. The van der Waals surface area contributed by atoms with Crippen LogP contribution in [0.15, 0.2) is 0 Å². The first-order valence-corrected chi connectivity index (χ1v) is 4.62. The summed E-state index contributed by atoms with van der Waals surface area (Å²) in [4.78, 5) is 2.31. The van der Waals surface area contributed by atoms with Crippen molar-refractivity contribution < 1.29 is 10.2 Å². The molecule has 3 fully saturated rings. The monoisotopic (exact) mass is 171 g/mol. The van der Waals surface area contributed by atoms with Crippen LogP contribution in [-0.2, 0) is 0 Å². The minimum atomic E-state index is -0.783. The minimum Gasteiger partial charge on any atom is -0.393 e. The van der Waals surface area contributed by atoms with Gasteiger partial charge in [0.1, 0.15) is 0 Å². The van der Waals surface area contributed by atoms with Gasteiger partial charge in [-0.05, 0) is 25.8 Å². The molecule has 3 heteroatoms. The van der Waals surface area contributed by atoms with Crippen LogP contribution in [0.3, 0.4) is 0 Å². The Morgan fingerprint density at radius 3 is 2.25 bits per heavy atom. The van der Waals surface area contributed by atoms with Crippen LogP contribution in [0.25, 0.3) is 0 Å². The zero-order valence-electron chi connectivity index (χ0n) is 7.70. The summed E-state index contributed by atoms with van der Waals surface area (Å²) in [5, 5.41) is 18.8. The number of aliphatic hydroxyl groups excluding tert-OH is 1. The second kappa shape index (κ2) is 2.44. The van der Waals surface area contributed by atoms with Gasteiger partial charge < -0.3 is 10.2 Å². The molecule has 3 nitrogen and oxygen atoms in total. The third-order valence-electron chi connectivity index (χ3n) is 3.73. The molecule has 0 amide bonds. The molecule has 0 aromatic rings. The predicted molar refractivity (Wildman–Crippen MR) is 45.8 cm³/mol. The number of nitrogens with zero attached hydrogens (tertiary/aromatic N) is 1. The van der Waals surface area contributed by atoms with E-state index in [0.717, 1.165) is 12.8 Å². The first kappa shape index (κ1) is 8.48. The number of piperidine rings is 1. The second-order valence-corrected chi connectivity index (χ2v) is 4.45. The van der Waals surface area contributed by atoms with Gasteiger partial charge in [0.25, 0.3) is 0 Å². The molecular weight excluding hydrogens is 154 g/mol. The highest BCUT2D eigenvalue weighted by molar-refractivity contribution is 5.08. The maximum Gasteiger partial charge on any atom is 0.0907 e. The molecule has 12 heavy (non-hydrogen) atoms. The SMILES string of the molecule is CC1C2CC(O)(CO)CC1N2C. The van der Waals surface area contributed by atoms with Crippen LogP contribution >= 0.6 is 0 Å². The van der Waals surface area contributed by atoms with Gasteiger partial charge in [-0.3, -0.25) is 4.90 Å². The average Bonchev–Trinajstić information content (AvgIpc) is 2.10. The molecule has 2 aliphatic heterocycles. The Labute approximate surface area is 73.0 Å². The molecule has 3 aliphatic rings. The third kappa shape index (κ3) is 0.934. The van der Waals surface area contributed by atoms with Gasteiger partial charge in [0, 0.05) is 12.1 Å². The highest BCUT2D eigenvalue weighted by Gasteiger charge is 2.54. The van der Waals surface area contributed by atoms with Gasteiger partial charge in [0.05, 0.1) is 12.2 Å². The summed E-state index contributed by atoms with van der Waals surface area (Å²) < 4.78 is 0. The standard InChI is InChI=1S/C9H17NO2/c1-6-7-3-9(12,5-11)4-8(6)10(7)2/h6-8,11-12H,3-5H2,1-2H3. The number of hydrogen-bond donors (Lipinski definition) is 2. The van der Waals surface area contributed by atoms with Crippen molar-refractivity contribution in [2.24, 2.45) is 5.92 Å². The maximum atomic E-state index is 9.84. The van der Waals surface area contributed by atoms with E-state index < -0.39 is 5.60 Å². The predicted octanol–water partition coefficient (Wildman–Crippen LogP) is -0.178. The van der Waals surface area contributed by atoms with Crippen LogP contribution in [0, 0.1) is 5.92 Å². The summed E-state index contributed by atoms with van der Waals surface area (Å²) in [6, 6.07) is 0.974. The Morgan fingerprint density at radius 2 is 1.92 bits per heavy atom. The molecule has 1 aliphatic carbocycles. The lowest BCUT2D eigenvalue weighted by molar-refractivity contribution is -0.172. The van der Waals surface area contributed by atoms with Crippen molar-refractivity contribution in [3.63, 3.8) is 0 Å². The van der Waals surface area contributed by atoms with E-state index in [-0.39, 0.29) is 6.61 Å². The van der Waals surface area contributed by atoms with Crippen molar-refractivity contribution in [3.05, 3.63) is 0 Å². The molecule has 0 radical (unpaired) electrons. The quantitative estimate of drug-likeness (QED) is 0.575. The Hall–Kier alpha value is -0.120. The summed E-state index contributed by atoms with van der Waals surface area (Å²) in [6.07, 6.45) is 1.47. The minimum absolute atomic E-state index is 0.0828. The summed E-state index contributed by atoms with van der Waals surface area (Å²) in [5.41, 5.74) is -0.783.